The van der Waals surface area contributed by atoms with Crippen LogP contribution < -0.4 is 5.32 Å². The molecule has 1 fully saturated rings. The Bertz CT molecular complexity index is 584. The van der Waals surface area contributed by atoms with Crippen LogP contribution in [-0.4, -0.2) is 51.4 Å². The Morgan fingerprint density at radius 2 is 2.04 bits per heavy atom. The smallest absolute Gasteiger partial charge is 0.374 e. The second-order valence-electron chi connectivity index (χ2n) is 6.60. The number of urea groups is 1. The quantitative estimate of drug-likeness (QED) is 0.846. The number of carbonyl (C=O) groups is 1. The summed E-state index contributed by atoms with van der Waals surface area (Å²) in [5.41, 5.74) is -3.11. The predicted molar refractivity (Wildman–Crippen MR) is 85.8 cm³/mol. The largest absolute Gasteiger partial charge is 0.424 e. The Morgan fingerprint density at radius 1 is 1.40 bits per heavy atom. The van der Waals surface area contributed by atoms with Crippen molar-refractivity contribution in [3.05, 3.63) is 18.2 Å². The number of aliphatic hydroxyl groups is 1. The lowest BCUT2D eigenvalue weighted by Crippen LogP contribution is -2.49. The van der Waals surface area contributed by atoms with Gasteiger partial charge in [0.1, 0.15) is 5.82 Å². The molecule has 2 rings (SSSR count). The molecule has 142 valence electrons. The summed E-state index contributed by atoms with van der Waals surface area (Å²) in [5, 5.41) is 12.7. The van der Waals surface area contributed by atoms with Gasteiger partial charge in [-0.05, 0) is 12.8 Å². The van der Waals surface area contributed by atoms with Gasteiger partial charge in [-0.2, -0.15) is 13.2 Å². The fourth-order valence-electron chi connectivity index (χ4n) is 3.25. The Balaban J connectivity index is 1.97. The number of carbonyl (C=O) groups excluding carboxylic acids is 1. The molecule has 0 aliphatic heterocycles. The van der Waals surface area contributed by atoms with E-state index in [1.807, 2.05) is 0 Å². The van der Waals surface area contributed by atoms with Crippen LogP contribution in [0.1, 0.15) is 44.3 Å². The van der Waals surface area contributed by atoms with Crippen molar-refractivity contribution in [1.29, 1.82) is 0 Å². The number of hydrogen-bond donors (Lipinski definition) is 2. The molecule has 1 aromatic heterocycles. The van der Waals surface area contributed by atoms with Crippen LogP contribution in [-0.2, 0) is 12.6 Å². The first-order valence-corrected chi connectivity index (χ1v) is 8.44. The highest BCUT2D eigenvalue weighted by molar-refractivity contribution is 5.74. The number of hydrogen-bond acceptors (Lipinski definition) is 3. The summed E-state index contributed by atoms with van der Waals surface area (Å²) in [4.78, 5) is 17.3. The number of alkyl halides is 3. The summed E-state index contributed by atoms with van der Waals surface area (Å²) >= 11 is 0. The van der Waals surface area contributed by atoms with Gasteiger partial charge in [-0.3, -0.25) is 0 Å². The highest BCUT2D eigenvalue weighted by atomic mass is 19.4. The van der Waals surface area contributed by atoms with Crippen molar-refractivity contribution >= 4 is 6.03 Å². The summed E-state index contributed by atoms with van der Waals surface area (Å²) in [7, 11) is 3.04. The van der Waals surface area contributed by atoms with Gasteiger partial charge in [-0.15, -0.1) is 0 Å². The van der Waals surface area contributed by atoms with E-state index in [-0.39, 0.29) is 12.6 Å². The zero-order valence-corrected chi connectivity index (χ0v) is 14.5. The molecule has 0 saturated heterocycles. The molecule has 0 aromatic carbocycles. The molecule has 1 heterocycles. The third kappa shape index (κ3) is 4.26. The van der Waals surface area contributed by atoms with Crippen LogP contribution in [0.3, 0.4) is 0 Å². The highest BCUT2D eigenvalue weighted by Crippen LogP contribution is 2.40. The molecule has 0 spiro atoms. The summed E-state index contributed by atoms with van der Waals surface area (Å²) in [6.07, 6.45) is 1.99. The zero-order chi connectivity index (χ0) is 18.7. The molecule has 1 aromatic rings. The lowest BCUT2D eigenvalue weighted by Gasteiger charge is -2.32. The molecule has 1 saturated carbocycles. The molecule has 1 aliphatic rings. The molecular weight excluding hydrogens is 337 g/mol. The van der Waals surface area contributed by atoms with Crippen molar-refractivity contribution < 1.29 is 23.1 Å². The first-order chi connectivity index (χ1) is 11.7. The van der Waals surface area contributed by atoms with Gasteiger partial charge in [-0.25, -0.2) is 9.78 Å². The summed E-state index contributed by atoms with van der Waals surface area (Å²) in [5.74, 6) is -0.491. The molecule has 2 amide bonds. The van der Waals surface area contributed by atoms with E-state index in [9.17, 15) is 23.1 Å². The molecule has 9 heteroatoms. The fraction of sp³-hybridized carbons (Fsp3) is 0.750. The van der Waals surface area contributed by atoms with E-state index in [1.165, 1.54) is 19.4 Å². The Labute approximate surface area is 145 Å². The number of rotatable bonds is 5. The molecule has 1 aliphatic carbocycles. The van der Waals surface area contributed by atoms with Gasteiger partial charge in [-0.1, -0.05) is 19.3 Å². The monoisotopic (exact) mass is 362 g/mol. The van der Waals surface area contributed by atoms with E-state index in [1.54, 1.807) is 11.9 Å². The Hall–Kier alpha value is -1.77. The number of amides is 2. The first-order valence-electron chi connectivity index (χ1n) is 8.44. The molecule has 1 unspecified atom stereocenters. The van der Waals surface area contributed by atoms with Gasteiger partial charge < -0.3 is 19.9 Å². The lowest BCUT2D eigenvalue weighted by molar-refractivity contribution is -0.272. The van der Waals surface area contributed by atoms with Crippen molar-refractivity contribution in [2.75, 3.05) is 13.6 Å². The molecule has 0 radical (unpaired) electrons. The molecular formula is C16H25F3N4O2. The van der Waals surface area contributed by atoms with Gasteiger partial charge >= 0.3 is 12.2 Å². The lowest BCUT2D eigenvalue weighted by atomic mass is 9.95. The number of nitrogens with zero attached hydrogens (tertiary/aromatic N) is 3. The first kappa shape index (κ1) is 19.6. The minimum atomic E-state index is -4.90. The summed E-state index contributed by atoms with van der Waals surface area (Å²) in [6.45, 7) is -0.307. The number of imidazole rings is 1. The minimum Gasteiger partial charge on any atom is -0.374 e. The standard InChI is InChI=1S/C16H25F3N4O2/c1-22-11-10-20-13(22)15(25,16(17,18)19)8-9-21-14(24)23(2)12-6-4-3-5-7-12/h10-12,25H,3-9H2,1-2H3,(H,21,24). The van der Waals surface area contributed by atoms with Gasteiger partial charge in [0, 0.05) is 45.5 Å². The van der Waals surface area contributed by atoms with E-state index in [2.05, 4.69) is 10.3 Å². The number of aromatic nitrogens is 2. The maximum atomic E-state index is 13.4. The molecule has 25 heavy (non-hydrogen) atoms. The Kier molecular flexibility index (Phi) is 5.97. The maximum Gasteiger partial charge on any atom is 0.424 e. The Morgan fingerprint density at radius 3 is 2.56 bits per heavy atom. The van der Waals surface area contributed by atoms with Gasteiger partial charge in [0.25, 0.3) is 0 Å². The number of nitrogens with one attached hydrogen (secondary N) is 1. The average molecular weight is 362 g/mol. The van der Waals surface area contributed by atoms with Crippen molar-refractivity contribution in [3.63, 3.8) is 0 Å². The van der Waals surface area contributed by atoms with Crippen molar-refractivity contribution in [3.8, 4) is 0 Å². The van der Waals surface area contributed by atoms with Crippen LogP contribution in [0.5, 0.6) is 0 Å². The van der Waals surface area contributed by atoms with Gasteiger partial charge in [0.2, 0.25) is 5.60 Å². The van der Waals surface area contributed by atoms with Crippen LogP contribution in [0.25, 0.3) is 0 Å². The third-order valence-electron chi connectivity index (χ3n) is 4.87. The number of aryl methyl sites for hydroxylation is 1. The van der Waals surface area contributed by atoms with Gasteiger partial charge in [0.05, 0.1) is 0 Å². The third-order valence-corrected chi connectivity index (χ3v) is 4.87. The minimum absolute atomic E-state index is 0.116. The van der Waals surface area contributed by atoms with Crippen LogP contribution in [0.15, 0.2) is 12.4 Å². The van der Waals surface area contributed by atoms with E-state index in [0.717, 1.165) is 36.7 Å². The normalized spacial score (nSPS) is 18.6. The fourth-order valence-corrected chi connectivity index (χ4v) is 3.25. The van der Waals surface area contributed by atoms with Crippen molar-refractivity contribution in [1.82, 2.24) is 19.8 Å². The van der Waals surface area contributed by atoms with Crippen LogP contribution >= 0.6 is 0 Å². The topological polar surface area (TPSA) is 70.4 Å². The summed E-state index contributed by atoms with van der Waals surface area (Å²) in [6, 6.07) is -0.305. The van der Waals surface area contributed by atoms with Gasteiger partial charge in [0.15, 0.2) is 0 Å². The molecule has 6 nitrogen and oxygen atoms in total. The molecule has 2 N–H and O–H groups in total. The predicted octanol–water partition coefficient (Wildman–Crippen LogP) is 2.53. The zero-order valence-electron chi connectivity index (χ0n) is 14.5. The molecule has 0 bridgehead atoms. The highest BCUT2D eigenvalue weighted by Gasteiger charge is 2.57. The van der Waals surface area contributed by atoms with E-state index in [0.29, 0.717) is 0 Å². The molecule has 1 atom stereocenters. The van der Waals surface area contributed by atoms with E-state index < -0.39 is 30.1 Å². The number of halogens is 3. The van der Waals surface area contributed by atoms with Crippen LogP contribution in [0.4, 0.5) is 18.0 Å². The van der Waals surface area contributed by atoms with Crippen LogP contribution in [0.2, 0.25) is 0 Å². The van der Waals surface area contributed by atoms with E-state index in [4.69, 9.17) is 0 Å². The second-order valence-corrected chi connectivity index (χ2v) is 6.60. The van der Waals surface area contributed by atoms with Crippen LogP contribution in [0, 0.1) is 0 Å². The van der Waals surface area contributed by atoms with E-state index >= 15 is 0 Å². The van der Waals surface area contributed by atoms with Crippen molar-refractivity contribution in [2.24, 2.45) is 7.05 Å². The summed E-state index contributed by atoms with van der Waals surface area (Å²) < 4.78 is 41.3. The second kappa shape index (κ2) is 7.63. The average Bonchev–Trinajstić information content (AvgIpc) is 3.00. The maximum absolute atomic E-state index is 13.4. The van der Waals surface area contributed by atoms with Crippen molar-refractivity contribution in [2.45, 2.75) is 56.3 Å². The SMILES string of the molecule is CN(C(=O)NCCC(O)(c1nccn1C)C(F)(F)F)C1CCCCC1.